The van der Waals surface area contributed by atoms with Crippen LogP contribution in [0, 0.1) is 0 Å². The van der Waals surface area contributed by atoms with Crippen LogP contribution in [0.5, 0.6) is 0 Å². The highest BCUT2D eigenvalue weighted by Gasteiger charge is 2.37. The molecule has 2 heteroatoms. The summed E-state index contributed by atoms with van der Waals surface area (Å²) < 4.78 is 0. The van der Waals surface area contributed by atoms with Crippen molar-refractivity contribution in [2.24, 2.45) is 0 Å². The van der Waals surface area contributed by atoms with Crippen molar-refractivity contribution in [1.82, 2.24) is 10.2 Å². The summed E-state index contributed by atoms with van der Waals surface area (Å²) in [5, 5.41) is 3.43. The highest BCUT2D eigenvalue weighted by Crippen LogP contribution is 2.33. The standard InChI is InChI=1S/C14H30N2/c1-6-14(7-2,8-3)16-10-9-13(15-5)11-12(16)4/h12-13,15H,6-11H2,1-5H3. The predicted octanol–water partition coefficient (Wildman–Crippen LogP) is 3.03. The van der Waals surface area contributed by atoms with Crippen LogP contribution >= 0.6 is 0 Å². The van der Waals surface area contributed by atoms with Gasteiger partial charge in [-0.25, -0.2) is 0 Å². The Bertz CT molecular complexity index is 191. The van der Waals surface area contributed by atoms with Crippen molar-refractivity contribution in [3.05, 3.63) is 0 Å². The molecular formula is C14H30N2. The van der Waals surface area contributed by atoms with Gasteiger partial charge in [-0.2, -0.15) is 0 Å². The SMILES string of the molecule is CCC(CC)(CC)N1CCC(NC)CC1C. The molecule has 16 heavy (non-hydrogen) atoms. The maximum Gasteiger partial charge on any atom is 0.0204 e. The van der Waals surface area contributed by atoms with Crippen LogP contribution in [0.4, 0.5) is 0 Å². The second-order valence-corrected chi connectivity index (χ2v) is 5.34. The zero-order valence-corrected chi connectivity index (χ0v) is 11.8. The van der Waals surface area contributed by atoms with Crippen LogP contribution < -0.4 is 5.32 Å². The summed E-state index contributed by atoms with van der Waals surface area (Å²) in [7, 11) is 2.10. The third-order valence-electron chi connectivity index (χ3n) is 4.87. The molecule has 0 aromatic heterocycles. The van der Waals surface area contributed by atoms with Crippen molar-refractivity contribution in [2.45, 2.75) is 77.4 Å². The van der Waals surface area contributed by atoms with Crippen LogP contribution in [0.15, 0.2) is 0 Å². The summed E-state index contributed by atoms with van der Waals surface area (Å²) in [6.07, 6.45) is 6.47. The summed E-state index contributed by atoms with van der Waals surface area (Å²) in [5.41, 5.74) is 0.456. The van der Waals surface area contributed by atoms with Crippen LogP contribution in [0.3, 0.4) is 0 Å². The summed E-state index contributed by atoms with van der Waals surface area (Å²) in [4.78, 5) is 2.78. The minimum absolute atomic E-state index is 0.456. The van der Waals surface area contributed by atoms with Gasteiger partial charge in [0.25, 0.3) is 0 Å². The molecule has 0 spiro atoms. The topological polar surface area (TPSA) is 15.3 Å². The zero-order valence-electron chi connectivity index (χ0n) is 11.8. The summed E-state index contributed by atoms with van der Waals surface area (Å²) in [5.74, 6) is 0. The fourth-order valence-electron chi connectivity index (χ4n) is 3.50. The minimum atomic E-state index is 0.456. The first-order chi connectivity index (χ1) is 7.63. The largest absolute Gasteiger partial charge is 0.317 e. The van der Waals surface area contributed by atoms with Crippen molar-refractivity contribution in [3.63, 3.8) is 0 Å². The van der Waals surface area contributed by atoms with Gasteiger partial charge in [-0.05, 0) is 46.1 Å². The molecule has 2 nitrogen and oxygen atoms in total. The van der Waals surface area contributed by atoms with Gasteiger partial charge in [0.15, 0.2) is 0 Å². The molecule has 0 aromatic carbocycles. The summed E-state index contributed by atoms with van der Waals surface area (Å²) >= 11 is 0. The van der Waals surface area contributed by atoms with Crippen LogP contribution in [0.2, 0.25) is 0 Å². The zero-order chi connectivity index (χ0) is 12.2. The molecule has 2 atom stereocenters. The summed E-state index contributed by atoms with van der Waals surface area (Å²) in [6, 6.07) is 1.46. The van der Waals surface area contributed by atoms with E-state index >= 15 is 0 Å². The molecule has 1 rings (SSSR count). The molecule has 96 valence electrons. The van der Waals surface area contributed by atoms with Crippen molar-refractivity contribution >= 4 is 0 Å². The van der Waals surface area contributed by atoms with Crippen molar-refractivity contribution in [3.8, 4) is 0 Å². The van der Waals surface area contributed by atoms with Crippen molar-refractivity contribution < 1.29 is 0 Å². The second-order valence-electron chi connectivity index (χ2n) is 5.34. The average molecular weight is 226 g/mol. The Balaban J connectivity index is 2.72. The van der Waals surface area contributed by atoms with Gasteiger partial charge < -0.3 is 5.32 Å². The van der Waals surface area contributed by atoms with Crippen LogP contribution in [0.25, 0.3) is 0 Å². The van der Waals surface area contributed by atoms with Crippen molar-refractivity contribution in [2.75, 3.05) is 13.6 Å². The second kappa shape index (κ2) is 6.02. The average Bonchev–Trinajstić information content (AvgIpc) is 2.33. The smallest absolute Gasteiger partial charge is 0.0204 e. The molecule has 0 radical (unpaired) electrons. The quantitative estimate of drug-likeness (QED) is 0.775. The van der Waals surface area contributed by atoms with E-state index in [-0.39, 0.29) is 0 Å². The monoisotopic (exact) mass is 226 g/mol. The van der Waals surface area contributed by atoms with Gasteiger partial charge in [0.1, 0.15) is 0 Å². The van der Waals surface area contributed by atoms with Gasteiger partial charge in [-0.1, -0.05) is 20.8 Å². The lowest BCUT2D eigenvalue weighted by atomic mass is 9.83. The third-order valence-corrected chi connectivity index (χ3v) is 4.87. The third kappa shape index (κ3) is 2.60. The van der Waals surface area contributed by atoms with Gasteiger partial charge in [0.2, 0.25) is 0 Å². The number of hydrogen-bond acceptors (Lipinski definition) is 2. The maximum absolute atomic E-state index is 3.43. The normalized spacial score (nSPS) is 28.3. The number of likely N-dealkylation sites (tertiary alicyclic amines) is 1. The molecule has 1 saturated heterocycles. The van der Waals surface area contributed by atoms with E-state index in [0.717, 1.165) is 12.1 Å². The molecule has 2 unspecified atom stereocenters. The fraction of sp³-hybridized carbons (Fsp3) is 1.00. The number of hydrogen-bond donors (Lipinski definition) is 1. The van der Waals surface area contributed by atoms with Crippen LogP contribution in [-0.4, -0.2) is 36.1 Å². The lowest BCUT2D eigenvalue weighted by Crippen LogP contribution is -2.57. The van der Waals surface area contributed by atoms with Gasteiger partial charge in [0.05, 0.1) is 0 Å². The molecule has 1 aliphatic rings. The summed E-state index contributed by atoms with van der Waals surface area (Å²) in [6.45, 7) is 10.7. The highest BCUT2D eigenvalue weighted by atomic mass is 15.2. The van der Waals surface area contributed by atoms with E-state index in [0.29, 0.717) is 5.54 Å². The maximum atomic E-state index is 3.43. The molecule has 0 amide bonds. The molecule has 1 N–H and O–H groups in total. The Kier molecular flexibility index (Phi) is 5.26. The van der Waals surface area contributed by atoms with E-state index in [1.165, 1.54) is 38.6 Å². The lowest BCUT2D eigenvalue weighted by molar-refractivity contribution is 0.00632. The van der Waals surface area contributed by atoms with Crippen LogP contribution in [-0.2, 0) is 0 Å². The number of nitrogens with one attached hydrogen (secondary N) is 1. The Morgan fingerprint density at radius 3 is 2.12 bits per heavy atom. The Hall–Kier alpha value is -0.0800. The van der Waals surface area contributed by atoms with Crippen LogP contribution in [0.1, 0.15) is 59.8 Å². The van der Waals surface area contributed by atoms with E-state index < -0.39 is 0 Å². The van der Waals surface area contributed by atoms with Gasteiger partial charge in [-0.3, -0.25) is 4.90 Å². The Morgan fingerprint density at radius 2 is 1.75 bits per heavy atom. The van der Waals surface area contributed by atoms with E-state index in [9.17, 15) is 0 Å². The van der Waals surface area contributed by atoms with Gasteiger partial charge in [0, 0.05) is 24.2 Å². The first kappa shape index (κ1) is 14.0. The molecular weight excluding hydrogens is 196 g/mol. The van der Waals surface area contributed by atoms with E-state index in [4.69, 9.17) is 0 Å². The molecule has 0 saturated carbocycles. The molecule has 1 fully saturated rings. The van der Waals surface area contributed by atoms with Gasteiger partial charge in [-0.15, -0.1) is 0 Å². The number of rotatable bonds is 5. The lowest BCUT2D eigenvalue weighted by Gasteiger charge is -2.50. The van der Waals surface area contributed by atoms with E-state index in [2.05, 4.69) is 45.0 Å². The predicted molar refractivity (Wildman–Crippen MR) is 71.9 cm³/mol. The molecule has 0 aliphatic carbocycles. The fourth-order valence-corrected chi connectivity index (χ4v) is 3.50. The Morgan fingerprint density at radius 1 is 1.19 bits per heavy atom. The minimum Gasteiger partial charge on any atom is -0.317 e. The number of nitrogens with zero attached hydrogens (tertiary/aromatic N) is 1. The first-order valence-corrected chi connectivity index (χ1v) is 7.07. The molecule has 0 bridgehead atoms. The molecule has 0 aromatic rings. The highest BCUT2D eigenvalue weighted by molar-refractivity contribution is 4.94. The van der Waals surface area contributed by atoms with E-state index in [1.54, 1.807) is 0 Å². The van der Waals surface area contributed by atoms with Crippen molar-refractivity contribution in [1.29, 1.82) is 0 Å². The van der Waals surface area contributed by atoms with E-state index in [1.807, 2.05) is 0 Å². The Labute approximate surface area is 102 Å². The van der Waals surface area contributed by atoms with Gasteiger partial charge >= 0.3 is 0 Å². The first-order valence-electron chi connectivity index (χ1n) is 7.07. The number of piperidine rings is 1. The molecule has 1 aliphatic heterocycles. The molecule has 1 heterocycles.